The molecule has 3 aromatic carbocycles. The molecule has 126 valence electrons. The molecule has 0 bridgehead atoms. The van der Waals surface area contributed by atoms with E-state index in [1.165, 1.54) is 16.7 Å². The van der Waals surface area contributed by atoms with Crippen LogP contribution in [0.15, 0.2) is 91.0 Å². The Morgan fingerprint density at radius 1 is 0.760 bits per heavy atom. The topological polar surface area (TPSA) is 9.23 Å². The third kappa shape index (κ3) is 3.78. The van der Waals surface area contributed by atoms with Crippen molar-refractivity contribution < 1.29 is 4.74 Å². The van der Waals surface area contributed by atoms with Gasteiger partial charge in [-0.1, -0.05) is 103 Å². The first-order valence-electron chi connectivity index (χ1n) is 8.29. The minimum Gasteiger partial charge on any atom is -0.479 e. The van der Waals surface area contributed by atoms with E-state index in [1.807, 2.05) is 25.1 Å². The molecule has 0 saturated carbocycles. The summed E-state index contributed by atoms with van der Waals surface area (Å²) in [5, 5.41) is 0. The van der Waals surface area contributed by atoms with Gasteiger partial charge in [0.25, 0.3) is 0 Å². The highest BCUT2D eigenvalue weighted by Gasteiger charge is 2.38. The summed E-state index contributed by atoms with van der Waals surface area (Å²) in [4.78, 5) is 0. The predicted octanol–water partition coefficient (Wildman–Crippen LogP) is 6.03. The van der Waals surface area contributed by atoms with E-state index >= 15 is 0 Å². The van der Waals surface area contributed by atoms with E-state index in [4.69, 9.17) is 17.0 Å². The Morgan fingerprint density at radius 3 is 1.44 bits per heavy atom. The second-order valence-electron chi connectivity index (χ2n) is 5.56. The molecule has 0 heterocycles. The van der Waals surface area contributed by atoms with Gasteiger partial charge >= 0.3 is 0 Å². The molecule has 0 aliphatic heterocycles. The highest BCUT2D eigenvalue weighted by Crippen LogP contribution is 2.49. The smallest absolute Gasteiger partial charge is 0.221 e. The maximum absolute atomic E-state index is 5.66. The van der Waals surface area contributed by atoms with Gasteiger partial charge in [0.1, 0.15) is 0 Å². The first kappa shape index (κ1) is 17.7. The Morgan fingerprint density at radius 2 is 1.12 bits per heavy atom. The predicted molar refractivity (Wildman–Crippen MR) is 111 cm³/mol. The van der Waals surface area contributed by atoms with Crippen LogP contribution in [-0.2, 0) is 9.48 Å². The van der Waals surface area contributed by atoms with Crippen LogP contribution in [0.2, 0.25) is 0 Å². The lowest BCUT2D eigenvalue weighted by Crippen LogP contribution is -2.27. The molecule has 3 heteroatoms. The van der Waals surface area contributed by atoms with E-state index in [2.05, 4.69) is 72.8 Å². The average Bonchev–Trinajstić information content (AvgIpc) is 2.68. The molecule has 0 aliphatic rings. The summed E-state index contributed by atoms with van der Waals surface area (Å²) in [6.45, 7) is 2.53. The van der Waals surface area contributed by atoms with Crippen LogP contribution < -0.4 is 0 Å². The van der Waals surface area contributed by atoms with Crippen molar-refractivity contribution in [1.82, 2.24) is 0 Å². The number of hydrogen-bond donors (Lipinski definition) is 0. The molecule has 0 saturated heterocycles. The first-order chi connectivity index (χ1) is 12.3. The van der Waals surface area contributed by atoms with Crippen molar-refractivity contribution >= 4 is 28.4 Å². The van der Waals surface area contributed by atoms with Crippen molar-refractivity contribution in [3.63, 3.8) is 0 Å². The van der Waals surface area contributed by atoms with Gasteiger partial charge in [-0.3, -0.25) is 0 Å². The Labute approximate surface area is 159 Å². The molecule has 0 aromatic heterocycles. The van der Waals surface area contributed by atoms with Crippen LogP contribution in [0, 0.1) is 0 Å². The number of ether oxygens (including phenoxy) is 1. The highest BCUT2D eigenvalue weighted by molar-refractivity contribution is 8.23. The molecule has 3 aromatic rings. The molecule has 1 nitrogen and oxygen atoms in total. The van der Waals surface area contributed by atoms with E-state index < -0.39 is 4.75 Å². The van der Waals surface area contributed by atoms with Gasteiger partial charge in [-0.15, -0.1) is 0 Å². The van der Waals surface area contributed by atoms with Gasteiger partial charge in [0, 0.05) is 0 Å². The van der Waals surface area contributed by atoms with E-state index in [1.54, 1.807) is 11.8 Å². The molecule has 0 N–H and O–H groups in total. The van der Waals surface area contributed by atoms with Crippen molar-refractivity contribution in [1.29, 1.82) is 0 Å². The summed E-state index contributed by atoms with van der Waals surface area (Å²) in [7, 11) is 0. The van der Waals surface area contributed by atoms with Gasteiger partial charge in [0.05, 0.1) is 11.4 Å². The Bertz CT molecular complexity index is 705. The number of benzene rings is 3. The lowest BCUT2D eigenvalue weighted by Gasteiger charge is -2.35. The average molecular weight is 365 g/mol. The number of rotatable bonds is 5. The fourth-order valence-corrected chi connectivity index (χ4v) is 4.65. The minimum absolute atomic E-state index is 0.448. The summed E-state index contributed by atoms with van der Waals surface area (Å²) < 4.78 is 5.76. The molecule has 0 spiro atoms. The second-order valence-corrected chi connectivity index (χ2v) is 7.38. The minimum atomic E-state index is -0.448. The van der Waals surface area contributed by atoms with Gasteiger partial charge < -0.3 is 4.74 Å². The quantitative estimate of drug-likeness (QED) is 0.404. The fourth-order valence-electron chi connectivity index (χ4n) is 2.97. The van der Waals surface area contributed by atoms with E-state index in [9.17, 15) is 0 Å². The molecular formula is C22H20OS2. The highest BCUT2D eigenvalue weighted by atomic mass is 32.2. The van der Waals surface area contributed by atoms with Crippen LogP contribution in [0.3, 0.4) is 0 Å². The first-order valence-corrected chi connectivity index (χ1v) is 9.52. The zero-order valence-electron chi connectivity index (χ0n) is 14.1. The molecule has 0 unspecified atom stereocenters. The van der Waals surface area contributed by atoms with E-state index in [0.29, 0.717) is 11.0 Å². The van der Waals surface area contributed by atoms with Gasteiger partial charge in [0.2, 0.25) is 4.38 Å². The van der Waals surface area contributed by atoms with Crippen LogP contribution in [0.1, 0.15) is 23.6 Å². The summed E-state index contributed by atoms with van der Waals surface area (Å²) in [6.07, 6.45) is 0. The van der Waals surface area contributed by atoms with Gasteiger partial charge in [0.15, 0.2) is 0 Å². The van der Waals surface area contributed by atoms with Crippen LogP contribution >= 0.6 is 24.0 Å². The van der Waals surface area contributed by atoms with Crippen LogP contribution in [0.5, 0.6) is 0 Å². The van der Waals surface area contributed by atoms with Crippen LogP contribution in [-0.4, -0.2) is 11.0 Å². The summed E-state index contributed by atoms with van der Waals surface area (Å²) in [6, 6.07) is 31.5. The van der Waals surface area contributed by atoms with Crippen molar-refractivity contribution in [3.05, 3.63) is 108 Å². The zero-order chi connectivity index (χ0) is 17.5. The molecule has 0 aliphatic carbocycles. The summed E-state index contributed by atoms with van der Waals surface area (Å²) in [5.74, 6) is 0. The normalized spacial score (nSPS) is 11.1. The molecule has 0 fully saturated rings. The largest absolute Gasteiger partial charge is 0.479 e. The number of hydrogen-bond acceptors (Lipinski definition) is 3. The lowest BCUT2D eigenvalue weighted by molar-refractivity contribution is 0.346. The van der Waals surface area contributed by atoms with Gasteiger partial charge in [-0.05, 0) is 35.8 Å². The van der Waals surface area contributed by atoms with Crippen molar-refractivity contribution in [3.8, 4) is 0 Å². The molecule has 0 radical (unpaired) electrons. The Kier molecular flexibility index (Phi) is 5.90. The monoisotopic (exact) mass is 364 g/mol. The fraction of sp³-hybridized carbons (Fsp3) is 0.136. The van der Waals surface area contributed by atoms with E-state index in [0.717, 1.165) is 0 Å². The Hall–Kier alpha value is -2.10. The SMILES string of the molecule is CCOC(=S)SC(c1ccccc1)(c1ccccc1)c1ccccc1. The maximum Gasteiger partial charge on any atom is 0.221 e. The molecule has 0 atom stereocenters. The summed E-state index contributed by atoms with van der Waals surface area (Å²) >= 11 is 7.13. The maximum atomic E-state index is 5.66. The molecule has 25 heavy (non-hydrogen) atoms. The standard InChI is InChI=1S/C22H20OS2/c1-2-23-21(24)25-22(18-12-6-3-7-13-18,19-14-8-4-9-15-19)20-16-10-5-11-17-20/h3-17H,2H2,1H3. The number of thioether (sulfide) groups is 1. The molecule has 0 amide bonds. The third-order valence-corrected chi connectivity index (χ3v) is 5.71. The van der Waals surface area contributed by atoms with Crippen molar-refractivity contribution in [2.24, 2.45) is 0 Å². The molecule has 3 rings (SSSR count). The molecular weight excluding hydrogens is 344 g/mol. The van der Waals surface area contributed by atoms with Crippen LogP contribution in [0.4, 0.5) is 0 Å². The van der Waals surface area contributed by atoms with Crippen molar-refractivity contribution in [2.75, 3.05) is 6.61 Å². The van der Waals surface area contributed by atoms with Gasteiger partial charge in [-0.2, -0.15) is 0 Å². The van der Waals surface area contributed by atoms with E-state index in [-0.39, 0.29) is 0 Å². The summed E-state index contributed by atoms with van der Waals surface area (Å²) in [5.41, 5.74) is 3.54. The Balaban J connectivity index is 2.26. The lowest BCUT2D eigenvalue weighted by atomic mass is 9.84. The second kappa shape index (κ2) is 8.32. The van der Waals surface area contributed by atoms with Gasteiger partial charge in [-0.25, -0.2) is 0 Å². The van der Waals surface area contributed by atoms with Crippen molar-refractivity contribution in [2.45, 2.75) is 11.7 Å². The van der Waals surface area contributed by atoms with Crippen LogP contribution in [0.25, 0.3) is 0 Å². The third-order valence-electron chi connectivity index (χ3n) is 4.04. The zero-order valence-corrected chi connectivity index (χ0v) is 15.7. The number of thiocarbonyl (C=S) groups is 1.